The summed E-state index contributed by atoms with van der Waals surface area (Å²) in [6, 6.07) is 12.6. The lowest BCUT2D eigenvalue weighted by molar-refractivity contribution is 0.387. The molecule has 3 aliphatic rings. The van der Waals surface area contributed by atoms with Crippen LogP contribution in [0.5, 0.6) is 0 Å². The number of aryl methyl sites for hydroxylation is 1. The molecular weight excluding hydrogens is 488 g/mol. The van der Waals surface area contributed by atoms with Crippen LogP contribution in [0.3, 0.4) is 0 Å². The molecule has 1 aliphatic carbocycles. The van der Waals surface area contributed by atoms with Gasteiger partial charge >= 0.3 is 0 Å². The average molecular weight is 523 g/mol. The Labute approximate surface area is 227 Å². The SMILES string of the molecule is C=CCn1c(=O)c2cnc(Nc3ccc(N4C[C@H]5CN(C)C[C@H]5C4)cc3)nc2n1-c1ccc2c(n1)C(C)CC2. The quantitative estimate of drug-likeness (QED) is 0.384. The van der Waals surface area contributed by atoms with Crippen molar-refractivity contribution in [1.82, 2.24) is 29.2 Å². The zero-order valence-corrected chi connectivity index (χ0v) is 22.5. The minimum Gasteiger partial charge on any atom is -0.371 e. The maximum Gasteiger partial charge on any atom is 0.278 e. The normalized spacial score (nSPS) is 22.4. The molecule has 0 spiro atoms. The third-order valence-electron chi connectivity index (χ3n) is 8.66. The standard InChI is InChI=1S/C30H34N8O/c1-4-13-37-29(39)25-14-31-30(34-28(25)38(37)26-12-7-20-6-5-19(2)27(20)33-26)32-23-8-10-24(11-9-23)36-17-21-15-35(3)16-22(21)18-36/h4,7-12,14,19,21-22H,1,5-6,13,15-18H2,2-3H3,(H,31,32,34)/t19?,21-,22+. The summed E-state index contributed by atoms with van der Waals surface area (Å²) < 4.78 is 3.44. The molecule has 5 heterocycles. The van der Waals surface area contributed by atoms with E-state index in [1.165, 1.54) is 24.3 Å². The average Bonchev–Trinajstić information content (AvgIpc) is 3.66. The lowest BCUT2D eigenvalue weighted by Crippen LogP contribution is -2.26. The highest BCUT2D eigenvalue weighted by Crippen LogP contribution is 2.34. The Bertz CT molecular complexity index is 1610. The van der Waals surface area contributed by atoms with Gasteiger partial charge in [-0.2, -0.15) is 4.98 Å². The Morgan fingerprint density at radius 2 is 1.82 bits per heavy atom. The Hall–Kier alpha value is -3.98. The van der Waals surface area contributed by atoms with Crippen LogP contribution < -0.4 is 15.8 Å². The van der Waals surface area contributed by atoms with Crippen molar-refractivity contribution in [3.05, 3.63) is 76.9 Å². The second-order valence-electron chi connectivity index (χ2n) is 11.4. The van der Waals surface area contributed by atoms with Gasteiger partial charge in [0.2, 0.25) is 5.95 Å². The number of hydrogen-bond donors (Lipinski definition) is 1. The van der Waals surface area contributed by atoms with Crippen molar-refractivity contribution in [2.45, 2.75) is 32.2 Å². The first kappa shape index (κ1) is 24.1. The molecular formula is C30H34N8O. The molecule has 3 atom stereocenters. The summed E-state index contributed by atoms with van der Waals surface area (Å²) in [6.07, 6.45) is 5.46. The van der Waals surface area contributed by atoms with Crippen molar-refractivity contribution < 1.29 is 0 Å². The maximum absolute atomic E-state index is 13.3. The van der Waals surface area contributed by atoms with Gasteiger partial charge in [-0.15, -0.1) is 6.58 Å². The molecule has 1 aromatic carbocycles. The van der Waals surface area contributed by atoms with Crippen molar-refractivity contribution in [1.29, 1.82) is 0 Å². The highest BCUT2D eigenvalue weighted by atomic mass is 16.1. The van der Waals surface area contributed by atoms with Crippen LogP contribution in [0.15, 0.2) is 60.0 Å². The number of hydrogen-bond acceptors (Lipinski definition) is 7. The molecule has 2 saturated heterocycles. The first-order valence-corrected chi connectivity index (χ1v) is 13.9. The van der Waals surface area contributed by atoms with Crippen LogP contribution in [-0.2, 0) is 13.0 Å². The van der Waals surface area contributed by atoms with E-state index in [0.29, 0.717) is 35.3 Å². The molecule has 9 heteroatoms. The third-order valence-corrected chi connectivity index (χ3v) is 8.66. The van der Waals surface area contributed by atoms with E-state index >= 15 is 0 Å². The lowest BCUT2D eigenvalue weighted by atomic mass is 10.0. The van der Waals surface area contributed by atoms with Crippen molar-refractivity contribution in [2.75, 3.05) is 43.4 Å². The lowest BCUT2D eigenvalue weighted by Gasteiger charge is -2.21. The van der Waals surface area contributed by atoms with Crippen LogP contribution in [0.25, 0.3) is 16.9 Å². The van der Waals surface area contributed by atoms with Gasteiger partial charge in [0.1, 0.15) is 5.39 Å². The molecule has 0 saturated carbocycles. The molecule has 2 aliphatic heterocycles. The Morgan fingerprint density at radius 3 is 2.56 bits per heavy atom. The van der Waals surface area contributed by atoms with Crippen LogP contribution in [-0.4, -0.2) is 62.4 Å². The van der Waals surface area contributed by atoms with Gasteiger partial charge in [0.05, 0.1) is 6.54 Å². The number of aromatic nitrogens is 5. The summed E-state index contributed by atoms with van der Waals surface area (Å²) in [5.74, 6) is 3.06. The number of anilines is 3. The van der Waals surface area contributed by atoms with E-state index in [-0.39, 0.29) is 5.56 Å². The molecule has 1 unspecified atom stereocenters. The van der Waals surface area contributed by atoms with Crippen LogP contribution >= 0.6 is 0 Å². The van der Waals surface area contributed by atoms with Gasteiger partial charge in [-0.3, -0.25) is 4.79 Å². The molecule has 4 aromatic rings. The molecule has 3 aromatic heterocycles. The first-order chi connectivity index (χ1) is 19.0. The number of nitrogens with one attached hydrogen (secondary N) is 1. The van der Waals surface area contributed by atoms with Gasteiger partial charge in [0, 0.05) is 49.4 Å². The molecule has 0 bridgehead atoms. The second kappa shape index (κ2) is 9.34. The van der Waals surface area contributed by atoms with Crippen molar-refractivity contribution in [3.63, 3.8) is 0 Å². The Kier molecular flexibility index (Phi) is 5.77. The maximum atomic E-state index is 13.3. The van der Waals surface area contributed by atoms with Gasteiger partial charge < -0.3 is 15.1 Å². The van der Waals surface area contributed by atoms with E-state index in [9.17, 15) is 4.79 Å². The van der Waals surface area contributed by atoms with E-state index in [4.69, 9.17) is 9.97 Å². The molecule has 200 valence electrons. The minimum absolute atomic E-state index is 0.155. The van der Waals surface area contributed by atoms with Crippen LogP contribution in [0.1, 0.15) is 30.5 Å². The fourth-order valence-electron chi connectivity index (χ4n) is 6.69. The molecule has 2 fully saturated rings. The van der Waals surface area contributed by atoms with E-state index < -0.39 is 0 Å². The summed E-state index contributed by atoms with van der Waals surface area (Å²) in [6.45, 7) is 11.0. The number of pyridine rings is 1. The summed E-state index contributed by atoms with van der Waals surface area (Å²) in [4.78, 5) is 32.5. The van der Waals surface area contributed by atoms with E-state index in [0.717, 1.165) is 49.1 Å². The highest BCUT2D eigenvalue weighted by molar-refractivity contribution is 5.77. The van der Waals surface area contributed by atoms with Gasteiger partial charge in [-0.05, 0) is 73.5 Å². The number of rotatable bonds is 6. The summed E-state index contributed by atoms with van der Waals surface area (Å²) in [7, 11) is 2.22. The van der Waals surface area contributed by atoms with Gasteiger partial charge in [-0.1, -0.05) is 19.1 Å². The van der Waals surface area contributed by atoms with Crippen molar-refractivity contribution in [3.8, 4) is 5.82 Å². The van der Waals surface area contributed by atoms with E-state index in [2.05, 4.69) is 71.0 Å². The summed E-state index contributed by atoms with van der Waals surface area (Å²) in [5.41, 5.74) is 4.92. The molecule has 39 heavy (non-hydrogen) atoms. The zero-order valence-electron chi connectivity index (χ0n) is 22.5. The fourth-order valence-corrected chi connectivity index (χ4v) is 6.69. The molecule has 1 N–H and O–H groups in total. The topological polar surface area (TPSA) is 84.1 Å². The number of allylic oxidation sites excluding steroid dienone is 1. The van der Waals surface area contributed by atoms with Gasteiger partial charge in [-0.25, -0.2) is 19.3 Å². The van der Waals surface area contributed by atoms with Gasteiger partial charge in [0.25, 0.3) is 5.56 Å². The fraction of sp³-hybridized carbons (Fsp3) is 0.400. The molecule has 7 rings (SSSR count). The first-order valence-electron chi connectivity index (χ1n) is 13.9. The molecule has 0 radical (unpaired) electrons. The van der Waals surface area contributed by atoms with Crippen LogP contribution in [0.4, 0.5) is 17.3 Å². The minimum atomic E-state index is -0.155. The molecule has 9 nitrogen and oxygen atoms in total. The van der Waals surface area contributed by atoms with E-state index in [1.807, 2.05) is 10.7 Å². The van der Waals surface area contributed by atoms with Gasteiger partial charge in [0.15, 0.2) is 11.5 Å². The molecule has 0 amide bonds. The van der Waals surface area contributed by atoms with Crippen molar-refractivity contribution in [2.24, 2.45) is 11.8 Å². The number of benzene rings is 1. The second-order valence-corrected chi connectivity index (χ2v) is 11.4. The summed E-state index contributed by atoms with van der Waals surface area (Å²) >= 11 is 0. The van der Waals surface area contributed by atoms with E-state index in [1.54, 1.807) is 17.0 Å². The zero-order chi connectivity index (χ0) is 26.7. The Morgan fingerprint density at radius 1 is 1.05 bits per heavy atom. The largest absolute Gasteiger partial charge is 0.371 e. The number of fused-ring (bicyclic) bond motifs is 3. The third kappa shape index (κ3) is 4.12. The highest BCUT2D eigenvalue weighted by Gasteiger charge is 2.38. The monoisotopic (exact) mass is 522 g/mol. The predicted molar refractivity (Wildman–Crippen MR) is 154 cm³/mol. The Balaban J connectivity index is 1.19. The summed E-state index contributed by atoms with van der Waals surface area (Å²) in [5, 5.41) is 3.79. The van der Waals surface area contributed by atoms with Crippen LogP contribution in [0.2, 0.25) is 0 Å². The number of nitrogens with zero attached hydrogens (tertiary/aromatic N) is 7. The smallest absolute Gasteiger partial charge is 0.278 e. The van der Waals surface area contributed by atoms with Crippen LogP contribution in [0, 0.1) is 11.8 Å². The number of likely N-dealkylation sites (tertiary alicyclic amines) is 1. The van der Waals surface area contributed by atoms with Crippen molar-refractivity contribution >= 4 is 28.4 Å². The predicted octanol–water partition coefficient (Wildman–Crippen LogP) is 3.95.